The van der Waals surface area contributed by atoms with E-state index in [1.54, 1.807) is 23.1 Å². The number of imidazole rings is 1. The normalized spacial score (nSPS) is 15.0. The molecule has 1 fully saturated rings. The number of rotatable bonds is 5. The molecule has 0 radical (unpaired) electrons. The van der Waals surface area contributed by atoms with Crippen molar-refractivity contribution in [1.29, 1.82) is 0 Å². The van der Waals surface area contributed by atoms with Crippen molar-refractivity contribution in [3.63, 3.8) is 0 Å². The number of nitrogens with zero attached hydrogens (tertiary/aromatic N) is 6. The van der Waals surface area contributed by atoms with Gasteiger partial charge in [-0.25, -0.2) is 4.98 Å². The van der Waals surface area contributed by atoms with Gasteiger partial charge in [-0.15, -0.1) is 0 Å². The smallest absolute Gasteiger partial charge is 0.276 e. The first-order chi connectivity index (χ1) is 14.2. The van der Waals surface area contributed by atoms with Crippen LogP contribution in [-0.4, -0.2) is 47.9 Å². The van der Waals surface area contributed by atoms with Gasteiger partial charge in [-0.05, 0) is 44.1 Å². The lowest BCUT2D eigenvalue weighted by Gasteiger charge is -2.22. The van der Waals surface area contributed by atoms with Crippen LogP contribution in [0, 0.1) is 0 Å². The zero-order valence-electron chi connectivity index (χ0n) is 15.9. The first kappa shape index (κ1) is 17.6. The molecular formula is C20H22N8O. The third kappa shape index (κ3) is 3.77. The number of piperidine rings is 1. The number of anilines is 1. The number of hydrogen-bond donors (Lipinski definition) is 2. The lowest BCUT2D eigenvalue weighted by Crippen LogP contribution is -2.29. The molecule has 4 aromatic rings. The van der Waals surface area contributed by atoms with E-state index < -0.39 is 0 Å². The predicted molar refractivity (Wildman–Crippen MR) is 108 cm³/mol. The van der Waals surface area contributed by atoms with E-state index in [0.717, 1.165) is 37.3 Å². The van der Waals surface area contributed by atoms with Gasteiger partial charge >= 0.3 is 0 Å². The van der Waals surface area contributed by atoms with Crippen molar-refractivity contribution in [2.45, 2.75) is 25.4 Å². The third-order valence-electron chi connectivity index (χ3n) is 5.15. The minimum Gasteiger partial charge on any atom is -0.318 e. The van der Waals surface area contributed by atoms with Crippen LogP contribution < -0.4 is 10.6 Å². The molecule has 2 N–H and O–H groups in total. The standard InChI is InChI=1S/C20H22N8O/c29-20(18-6-10-28(25-18)17-4-7-21-8-5-17)24-15-11-22-27(13-15)14-16-12-26-9-2-1-3-19(26)23-16/h1-3,6,9-13,17,21H,4-5,7-8,14H2,(H,24,29). The van der Waals surface area contributed by atoms with E-state index in [9.17, 15) is 4.79 Å². The second-order valence-corrected chi connectivity index (χ2v) is 7.24. The zero-order valence-corrected chi connectivity index (χ0v) is 15.9. The van der Waals surface area contributed by atoms with E-state index in [4.69, 9.17) is 0 Å². The number of pyridine rings is 1. The molecule has 0 spiro atoms. The Morgan fingerprint density at radius 1 is 1.17 bits per heavy atom. The zero-order chi connectivity index (χ0) is 19.6. The second-order valence-electron chi connectivity index (χ2n) is 7.24. The molecular weight excluding hydrogens is 368 g/mol. The minimum atomic E-state index is -0.232. The van der Waals surface area contributed by atoms with Gasteiger partial charge in [0.2, 0.25) is 0 Å². The summed E-state index contributed by atoms with van der Waals surface area (Å²) in [6.45, 7) is 2.50. The Bertz CT molecular complexity index is 1100. The van der Waals surface area contributed by atoms with Crippen molar-refractivity contribution in [2.24, 2.45) is 0 Å². The van der Waals surface area contributed by atoms with Crippen molar-refractivity contribution in [2.75, 3.05) is 18.4 Å². The van der Waals surface area contributed by atoms with Gasteiger partial charge in [0.1, 0.15) is 5.65 Å². The molecule has 148 valence electrons. The van der Waals surface area contributed by atoms with Gasteiger partial charge < -0.3 is 15.0 Å². The van der Waals surface area contributed by atoms with E-state index in [2.05, 4.69) is 25.8 Å². The first-order valence-corrected chi connectivity index (χ1v) is 9.77. The number of aromatic nitrogens is 6. The molecule has 0 saturated carbocycles. The Balaban J connectivity index is 1.24. The molecule has 0 aromatic carbocycles. The summed E-state index contributed by atoms with van der Waals surface area (Å²) in [6.07, 6.45) is 11.3. The van der Waals surface area contributed by atoms with Crippen LogP contribution in [0.25, 0.3) is 5.65 Å². The van der Waals surface area contributed by atoms with E-state index in [-0.39, 0.29) is 5.91 Å². The number of fused-ring (bicyclic) bond motifs is 1. The Hall–Kier alpha value is -3.46. The van der Waals surface area contributed by atoms with E-state index in [1.807, 2.05) is 45.9 Å². The van der Waals surface area contributed by atoms with Crippen LogP contribution >= 0.6 is 0 Å². The summed E-state index contributed by atoms with van der Waals surface area (Å²) in [4.78, 5) is 17.1. The molecule has 29 heavy (non-hydrogen) atoms. The largest absolute Gasteiger partial charge is 0.318 e. The molecule has 1 aliphatic rings. The van der Waals surface area contributed by atoms with Gasteiger partial charge in [0.05, 0.1) is 30.2 Å². The van der Waals surface area contributed by atoms with Crippen molar-refractivity contribution in [3.05, 3.63) is 66.6 Å². The summed E-state index contributed by atoms with van der Waals surface area (Å²) >= 11 is 0. The summed E-state index contributed by atoms with van der Waals surface area (Å²) < 4.78 is 5.63. The predicted octanol–water partition coefficient (Wildman–Crippen LogP) is 1.95. The number of hydrogen-bond acceptors (Lipinski definition) is 5. The molecule has 0 bridgehead atoms. The molecule has 1 aliphatic heterocycles. The van der Waals surface area contributed by atoms with Gasteiger partial charge in [0, 0.05) is 24.8 Å². The minimum absolute atomic E-state index is 0.232. The van der Waals surface area contributed by atoms with E-state index in [1.165, 1.54) is 0 Å². The average molecular weight is 390 g/mol. The Labute approximate surface area is 167 Å². The maximum atomic E-state index is 12.5. The third-order valence-corrected chi connectivity index (χ3v) is 5.15. The molecule has 5 heterocycles. The summed E-state index contributed by atoms with van der Waals surface area (Å²) in [6, 6.07) is 8.00. The Morgan fingerprint density at radius 3 is 2.93 bits per heavy atom. The van der Waals surface area contributed by atoms with Gasteiger partial charge in [0.25, 0.3) is 5.91 Å². The van der Waals surface area contributed by atoms with Gasteiger partial charge in [-0.3, -0.25) is 14.2 Å². The number of amides is 1. The highest BCUT2D eigenvalue weighted by Crippen LogP contribution is 2.18. The van der Waals surface area contributed by atoms with Crippen LogP contribution in [0.15, 0.2) is 55.2 Å². The average Bonchev–Trinajstić information content (AvgIpc) is 3.48. The fraction of sp³-hybridized carbons (Fsp3) is 0.300. The van der Waals surface area contributed by atoms with Crippen LogP contribution in [0.5, 0.6) is 0 Å². The summed E-state index contributed by atoms with van der Waals surface area (Å²) in [5.41, 5.74) is 2.84. The maximum Gasteiger partial charge on any atom is 0.276 e. The van der Waals surface area contributed by atoms with E-state index >= 15 is 0 Å². The fourth-order valence-electron chi connectivity index (χ4n) is 3.67. The molecule has 9 nitrogen and oxygen atoms in total. The second kappa shape index (κ2) is 7.51. The molecule has 1 saturated heterocycles. The lowest BCUT2D eigenvalue weighted by molar-refractivity contribution is 0.102. The Kier molecular flexibility index (Phi) is 4.57. The molecule has 0 unspecified atom stereocenters. The monoisotopic (exact) mass is 390 g/mol. The Morgan fingerprint density at radius 2 is 2.07 bits per heavy atom. The fourth-order valence-corrected chi connectivity index (χ4v) is 3.67. The van der Waals surface area contributed by atoms with Crippen molar-refractivity contribution >= 4 is 17.2 Å². The molecule has 4 aromatic heterocycles. The van der Waals surface area contributed by atoms with Crippen LogP contribution in [-0.2, 0) is 6.54 Å². The molecule has 0 aliphatic carbocycles. The van der Waals surface area contributed by atoms with Gasteiger partial charge in [-0.1, -0.05) is 6.07 Å². The number of nitrogens with one attached hydrogen (secondary N) is 2. The van der Waals surface area contributed by atoms with Crippen LogP contribution in [0.4, 0.5) is 5.69 Å². The van der Waals surface area contributed by atoms with Crippen molar-refractivity contribution < 1.29 is 4.79 Å². The SMILES string of the molecule is O=C(Nc1cnn(Cc2cn3ccccc3n2)c1)c1ccn(C2CCNCC2)n1. The summed E-state index contributed by atoms with van der Waals surface area (Å²) in [5.74, 6) is -0.232. The molecule has 9 heteroatoms. The highest BCUT2D eigenvalue weighted by molar-refractivity contribution is 6.02. The van der Waals surface area contributed by atoms with Gasteiger partial charge in [0.15, 0.2) is 5.69 Å². The molecule has 5 rings (SSSR count). The summed E-state index contributed by atoms with van der Waals surface area (Å²) in [7, 11) is 0. The first-order valence-electron chi connectivity index (χ1n) is 9.77. The number of carbonyl (C=O) groups is 1. The lowest BCUT2D eigenvalue weighted by atomic mass is 10.1. The quantitative estimate of drug-likeness (QED) is 0.543. The van der Waals surface area contributed by atoms with Crippen molar-refractivity contribution in [1.82, 2.24) is 34.3 Å². The number of carbonyl (C=O) groups excluding carboxylic acids is 1. The van der Waals surface area contributed by atoms with Crippen LogP contribution in [0.1, 0.15) is 35.1 Å². The van der Waals surface area contributed by atoms with Crippen LogP contribution in [0.3, 0.4) is 0 Å². The molecule has 1 amide bonds. The van der Waals surface area contributed by atoms with Gasteiger partial charge in [-0.2, -0.15) is 10.2 Å². The van der Waals surface area contributed by atoms with E-state index in [0.29, 0.717) is 24.0 Å². The topological polar surface area (TPSA) is 94.1 Å². The van der Waals surface area contributed by atoms with Crippen molar-refractivity contribution in [3.8, 4) is 0 Å². The van der Waals surface area contributed by atoms with Crippen LogP contribution in [0.2, 0.25) is 0 Å². The summed E-state index contributed by atoms with van der Waals surface area (Å²) in [5, 5.41) is 15.0. The highest BCUT2D eigenvalue weighted by atomic mass is 16.2. The molecule has 0 atom stereocenters. The highest BCUT2D eigenvalue weighted by Gasteiger charge is 2.18. The maximum absolute atomic E-state index is 12.5.